The van der Waals surface area contributed by atoms with Gasteiger partial charge in [-0.05, 0) is 29.3 Å². The van der Waals surface area contributed by atoms with Crippen LogP contribution in [0.3, 0.4) is 0 Å². The van der Waals surface area contributed by atoms with Gasteiger partial charge in [-0.15, -0.1) is 0 Å². The number of hydrogen-bond acceptors (Lipinski definition) is 2. The van der Waals surface area contributed by atoms with Crippen LogP contribution in [-0.4, -0.2) is 10.9 Å². The molecular formula is C19H16N2O. The van der Waals surface area contributed by atoms with Crippen molar-refractivity contribution < 1.29 is 4.79 Å². The molecule has 0 saturated heterocycles. The number of amides is 1. The van der Waals surface area contributed by atoms with Gasteiger partial charge in [-0.3, -0.25) is 9.78 Å². The van der Waals surface area contributed by atoms with E-state index in [0.717, 1.165) is 22.4 Å². The topological polar surface area (TPSA) is 42.0 Å². The molecule has 0 fully saturated rings. The number of hydrogen-bond donors (Lipinski definition) is 1. The van der Waals surface area contributed by atoms with Crippen molar-refractivity contribution in [2.75, 3.05) is 0 Å². The van der Waals surface area contributed by atoms with Crippen LogP contribution in [0, 0.1) is 0 Å². The van der Waals surface area contributed by atoms with Gasteiger partial charge >= 0.3 is 0 Å². The van der Waals surface area contributed by atoms with E-state index in [2.05, 4.69) is 10.3 Å². The molecule has 2 aromatic rings. The number of benzene rings is 1. The van der Waals surface area contributed by atoms with Crippen LogP contribution in [-0.2, 0) is 6.42 Å². The Morgan fingerprint density at radius 1 is 1.00 bits per heavy atom. The fraction of sp³-hybridized carbons (Fsp3) is 0.0526. The zero-order chi connectivity index (χ0) is 15.2. The number of aromatic nitrogens is 1. The van der Waals surface area contributed by atoms with Crippen molar-refractivity contribution in [2.45, 2.75) is 6.42 Å². The van der Waals surface area contributed by atoms with Gasteiger partial charge < -0.3 is 5.32 Å². The van der Waals surface area contributed by atoms with Gasteiger partial charge in [0.05, 0.1) is 0 Å². The Hall–Kier alpha value is -2.94. The Balaban J connectivity index is 2.11. The lowest BCUT2D eigenvalue weighted by molar-refractivity contribution is 0.0974. The van der Waals surface area contributed by atoms with E-state index in [9.17, 15) is 4.79 Å². The summed E-state index contributed by atoms with van der Waals surface area (Å²) in [6, 6.07) is 9.57. The van der Waals surface area contributed by atoms with E-state index in [0.29, 0.717) is 5.56 Å². The highest BCUT2D eigenvalue weighted by Crippen LogP contribution is 2.10. The van der Waals surface area contributed by atoms with Crippen molar-refractivity contribution in [2.24, 2.45) is 0 Å². The first-order chi connectivity index (χ1) is 10.8. The van der Waals surface area contributed by atoms with Crippen LogP contribution in [0.15, 0.2) is 67.0 Å². The molecule has 1 aliphatic rings. The second kappa shape index (κ2) is 6.68. The Labute approximate surface area is 129 Å². The molecule has 1 aromatic carbocycles. The molecular weight excluding hydrogens is 272 g/mol. The summed E-state index contributed by atoms with van der Waals surface area (Å²) in [7, 11) is 0. The first kappa shape index (κ1) is 14.0. The molecule has 0 spiro atoms. The average molecular weight is 288 g/mol. The van der Waals surface area contributed by atoms with Crippen LogP contribution >= 0.6 is 0 Å². The molecule has 0 unspecified atom stereocenters. The van der Waals surface area contributed by atoms with Crippen LogP contribution < -0.4 is 15.8 Å². The van der Waals surface area contributed by atoms with Gasteiger partial charge in [0, 0.05) is 29.4 Å². The summed E-state index contributed by atoms with van der Waals surface area (Å²) in [5, 5.41) is 4.74. The van der Waals surface area contributed by atoms with Crippen molar-refractivity contribution in [3.05, 3.63) is 88.6 Å². The number of nitrogens with zero attached hydrogens (tertiary/aromatic N) is 1. The number of pyridine rings is 1. The van der Waals surface area contributed by atoms with E-state index in [1.54, 1.807) is 18.6 Å². The number of rotatable bonds is 0. The van der Waals surface area contributed by atoms with Crippen LogP contribution in [0.25, 0.3) is 12.3 Å². The molecule has 3 rings (SSSR count). The molecule has 3 nitrogen and oxygen atoms in total. The standard InChI is InChI=1S/C19H16N2O/c22-19-18-10-6-5-9-16(18)8-4-2-1-3-7-15-11-12-20-13-17(15)14-21-19/h1-7,9-14H,8H2,(H,21,22)/b3-1-,4-2-,15-7-,17-14?. The molecule has 0 atom stereocenters. The third-order valence-electron chi connectivity index (χ3n) is 3.48. The van der Waals surface area contributed by atoms with Crippen LogP contribution in [0.2, 0.25) is 0 Å². The van der Waals surface area contributed by atoms with Crippen molar-refractivity contribution in [3.8, 4) is 0 Å². The largest absolute Gasteiger partial charge is 0.328 e. The van der Waals surface area contributed by atoms with Gasteiger partial charge in [-0.25, -0.2) is 0 Å². The van der Waals surface area contributed by atoms with Gasteiger partial charge in [0.2, 0.25) is 0 Å². The molecule has 1 aromatic heterocycles. The van der Waals surface area contributed by atoms with Crippen molar-refractivity contribution in [3.63, 3.8) is 0 Å². The quantitative estimate of drug-likeness (QED) is 0.801. The maximum atomic E-state index is 12.4. The SMILES string of the molecule is O=C1NC=c2cncc/c2=C/C=C\C=C/Cc2ccccc21. The first-order valence-electron chi connectivity index (χ1n) is 7.17. The molecule has 0 radical (unpaired) electrons. The van der Waals surface area contributed by atoms with E-state index in [-0.39, 0.29) is 5.91 Å². The Morgan fingerprint density at radius 3 is 2.86 bits per heavy atom. The lowest BCUT2D eigenvalue weighted by Gasteiger charge is -2.06. The van der Waals surface area contributed by atoms with Gasteiger partial charge in [0.25, 0.3) is 5.91 Å². The predicted molar refractivity (Wildman–Crippen MR) is 88.3 cm³/mol. The number of fused-ring (bicyclic) bond motifs is 2. The minimum atomic E-state index is -0.106. The summed E-state index contributed by atoms with van der Waals surface area (Å²) >= 11 is 0. The molecule has 0 saturated carbocycles. The molecule has 2 heterocycles. The third-order valence-corrected chi connectivity index (χ3v) is 3.48. The Morgan fingerprint density at radius 2 is 1.91 bits per heavy atom. The van der Waals surface area contributed by atoms with Gasteiger partial charge in [-0.2, -0.15) is 0 Å². The average Bonchev–Trinajstić information content (AvgIpc) is 2.57. The van der Waals surface area contributed by atoms with E-state index in [1.165, 1.54) is 0 Å². The summed E-state index contributed by atoms with van der Waals surface area (Å²) in [5.41, 5.74) is 1.70. The molecule has 1 N–H and O–H groups in total. The maximum Gasteiger partial charge on any atom is 0.255 e. The molecule has 0 aliphatic carbocycles. The van der Waals surface area contributed by atoms with Crippen molar-refractivity contribution in [1.29, 1.82) is 0 Å². The van der Waals surface area contributed by atoms with Crippen LogP contribution in [0.4, 0.5) is 0 Å². The summed E-state index contributed by atoms with van der Waals surface area (Å²) in [5.74, 6) is -0.106. The Bertz CT molecular complexity index is 863. The fourth-order valence-electron chi connectivity index (χ4n) is 2.33. The number of carbonyl (C=O) groups excluding carboxylic acids is 1. The zero-order valence-corrected chi connectivity index (χ0v) is 12.1. The van der Waals surface area contributed by atoms with Crippen LogP contribution in [0.1, 0.15) is 15.9 Å². The third kappa shape index (κ3) is 3.20. The minimum Gasteiger partial charge on any atom is -0.328 e. The van der Waals surface area contributed by atoms with Gasteiger partial charge in [0.15, 0.2) is 0 Å². The molecule has 108 valence electrons. The highest BCUT2D eigenvalue weighted by molar-refractivity contribution is 5.97. The molecule has 1 aliphatic heterocycles. The molecule has 22 heavy (non-hydrogen) atoms. The lowest BCUT2D eigenvalue weighted by Crippen LogP contribution is -2.29. The van der Waals surface area contributed by atoms with E-state index in [1.807, 2.05) is 60.7 Å². The second-order valence-corrected chi connectivity index (χ2v) is 4.96. The van der Waals surface area contributed by atoms with Crippen LogP contribution in [0.5, 0.6) is 0 Å². The maximum absolute atomic E-state index is 12.4. The normalized spacial score (nSPS) is 18.5. The predicted octanol–water partition coefficient (Wildman–Crippen LogP) is 1.70. The Kier molecular flexibility index (Phi) is 4.25. The molecule has 1 amide bonds. The van der Waals surface area contributed by atoms with Crippen molar-refractivity contribution >= 4 is 18.2 Å². The summed E-state index contributed by atoms with van der Waals surface area (Å²) in [4.78, 5) is 16.5. The van der Waals surface area contributed by atoms with E-state index < -0.39 is 0 Å². The molecule has 0 bridgehead atoms. The summed E-state index contributed by atoms with van der Waals surface area (Å²) in [6.45, 7) is 0. The van der Waals surface area contributed by atoms with E-state index >= 15 is 0 Å². The monoisotopic (exact) mass is 288 g/mol. The molecule has 3 heteroatoms. The lowest BCUT2D eigenvalue weighted by atomic mass is 10.0. The van der Waals surface area contributed by atoms with Gasteiger partial charge in [-0.1, -0.05) is 48.6 Å². The number of allylic oxidation sites excluding steroid dienone is 4. The summed E-state index contributed by atoms with van der Waals surface area (Å²) < 4.78 is 0. The number of nitrogens with one attached hydrogen (secondary N) is 1. The summed E-state index contributed by atoms with van der Waals surface area (Å²) in [6.07, 6.45) is 15.9. The van der Waals surface area contributed by atoms with E-state index in [4.69, 9.17) is 0 Å². The first-order valence-corrected chi connectivity index (χ1v) is 7.17. The fourth-order valence-corrected chi connectivity index (χ4v) is 2.33. The highest BCUT2D eigenvalue weighted by Gasteiger charge is 2.08. The van der Waals surface area contributed by atoms with Gasteiger partial charge in [0.1, 0.15) is 0 Å². The second-order valence-electron chi connectivity index (χ2n) is 4.96. The van der Waals surface area contributed by atoms with Crippen molar-refractivity contribution in [1.82, 2.24) is 10.3 Å². The minimum absolute atomic E-state index is 0.106. The zero-order valence-electron chi connectivity index (χ0n) is 12.1. The number of carbonyl (C=O) groups is 1. The smallest absolute Gasteiger partial charge is 0.255 e. The highest BCUT2D eigenvalue weighted by atomic mass is 16.1.